The Kier molecular flexibility index (Phi) is 5.41. The maximum Gasteiger partial charge on any atom is 0.0816 e. The van der Waals surface area contributed by atoms with Gasteiger partial charge in [0.2, 0.25) is 0 Å². The third-order valence-corrected chi connectivity index (χ3v) is 9.98. The minimum atomic E-state index is -0.859. The molecule has 1 saturated carbocycles. The van der Waals surface area contributed by atoms with Gasteiger partial charge in [0.25, 0.3) is 0 Å². The van der Waals surface area contributed by atoms with E-state index in [2.05, 4.69) is 60.7 Å². The second kappa shape index (κ2) is 8.35. The van der Waals surface area contributed by atoms with Crippen LogP contribution in [0.4, 0.5) is 0 Å². The average Bonchev–Trinajstić information content (AvgIpc) is 3.66. The molecule has 0 spiro atoms. The van der Waals surface area contributed by atoms with Gasteiger partial charge in [0.1, 0.15) is 0 Å². The van der Waals surface area contributed by atoms with Crippen molar-refractivity contribution in [1.29, 1.82) is 0 Å². The number of rotatable bonds is 10. The van der Waals surface area contributed by atoms with E-state index in [1.807, 2.05) is 0 Å². The normalized spacial score (nSPS) is 39.4. The quantitative estimate of drug-likeness (QED) is 0.390. The Balaban J connectivity index is 1.54. The van der Waals surface area contributed by atoms with Gasteiger partial charge in [-0.1, -0.05) is 60.7 Å². The van der Waals surface area contributed by atoms with Gasteiger partial charge in [-0.25, -0.2) is 0 Å². The van der Waals surface area contributed by atoms with Crippen LogP contribution in [0.1, 0.15) is 49.7 Å². The molecule has 0 aromatic heterocycles. The first kappa shape index (κ1) is 23.3. The molecule has 0 radical (unpaired) electrons. The minimum Gasteiger partial charge on any atom is -0.373 e. The molecule has 4 heterocycles. The molecule has 2 aromatic carbocycles. The molecule has 2 aromatic rings. The molecule has 1 aliphatic carbocycles. The molecule has 6 heteroatoms. The molecule has 6 nitrogen and oxygen atoms in total. The van der Waals surface area contributed by atoms with E-state index < -0.39 is 11.1 Å². The predicted molar refractivity (Wildman–Crippen MR) is 136 cm³/mol. The Bertz CT molecular complexity index is 1010. The summed E-state index contributed by atoms with van der Waals surface area (Å²) in [5.41, 5.74) is 15.5. The van der Waals surface area contributed by atoms with E-state index >= 15 is 0 Å². The van der Waals surface area contributed by atoms with Gasteiger partial charge < -0.3 is 30.4 Å². The third-order valence-electron chi connectivity index (χ3n) is 9.98. The van der Waals surface area contributed by atoms with E-state index in [0.29, 0.717) is 0 Å². The van der Waals surface area contributed by atoms with E-state index in [4.69, 9.17) is 30.4 Å². The summed E-state index contributed by atoms with van der Waals surface area (Å²) >= 11 is 0. The van der Waals surface area contributed by atoms with Crippen molar-refractivity contribution in [2.45, 2.75) is 74.0 Å². The molecule has 5 aliphatic rings. The van der Waals surface area contributed by atoms with Crippen LogP contribution in [0.2, 0.25) is 0 Å². The summed E-state index contributed by atoms with van der Waals surface area (Å²) in [6.07, 6.45) is 5.93. The smallest absolute Gasteiger partial charge is 0.0816 e. The second-order valence-electron chi connectivity index (χ2n) is 12.0. The van der Waals surface area contributed by atoms with Crippen LogP contribution in [0.25, 0.3) is 0 Å². The van der Waals surface area contributed by atoms with Gasteiger partial charge in [-0.15, -0.1) is 0 Å². The summed E-state index contributed by atoms with van der Waals surface area (Å²) in [5.74, 6) is 0. The molecule has 5 fully saturated rings. The Hall–Kier alpha value is -1.80. The largest absolute Gasteiger partial charge is 0.373 e. The van der Waals surface area contributed by atoms with Crippen molar-refractivity contribution < 1.29 is 18.9 Å². The lowest BCUT2D eigenvalue weighted by atomic mass is 9.35. The number of nitrogens with two attached hydrogens (primary N) is 2. The summed E-state index contributed by atoms with van der Waals surface area (Å²) in [4.78, 5) is 0. The highest BCUT2D eigenvalue weighted by Crippen LogP contribution is 2.73. The predicted octanol–water partition coefficient (Wildman–Crippen LogP) is 3.51. The summed E-state index contributed by atoms with van der Waals surface area (Å²) in [6, 6.07) is 22.2. The molecular formula is C30H38N2O4. The average molecular weight is 491 g/mol. The first-order valence-electron chi connectivity index (χ1n) is 13.6. The maximum absolute atomic E-state index is 7.34. The van der Waals surface area contributed by atoms with Crippen LogP contribution in [0.15, 0.2) is 60.7 Å². The molecular weight excluding hydrogens is 452 g/mol. The van der Waals surface area contributed by atoms with Crippen LogP contribution in [-0.2, 0) is 24.4 Å². The molecule has 192 valence electrons. The van der Waals surface area contributed by atoms with Gasteiger partial charge in [-0.3, -0.25) is 0 Å². The van der Waals surface area contributed by atoms with E-state index in [0.717, 1.165) is 65.0 Å². The Labute approximate surface area is 213 Å². The molecule has 4 aliphatic heterocycles. The first-order chi connectivity index (χ1) is 17.5. The Morgan fingerprint density at radius 3 is 1.28 bits per heavy atom. The van der Waals surface area contributed by atoms with Crippen molar-refractivity contribution in [3.8, 4) is 0 Å². The molecule has 0 bridgehead atoms. The summed E-state index contributed by atoms with van der Waals surface area (Å²) in [6.45, 7) is 3.15. The van der Waals surface area contributed by atoms with Crippen LogP contribution >= 0.6 is 0 Å². The molecule has 4 N–H and O–H groups in total. The van der Waals surface area contributed by atoms with Gasteiger partial charge in [0, 0.05) is 10.8 Å². The lowest BCUT2D eigenvalue weighted by Crippen LogP contribution is -2.77. The molecule has 4 unspecified atom stereocenters. The van der Waals surface area contributed by atoms with Crippen LogP contribution in [-0.4, -0.2) is 56.5 Å². The van der Waals surface area contributed by atoms with Gasteiger partial charge >= 0.3 is 0 Å². The number of hydrogen-bond donors (Lipinski definition) is 2. The highest BCUT2D eigenvalue weighted by atomic mass is 16.6. The Morgan fingerprint density at radius 1 is 0.556 bits per heavy atom. The lowest BCUT2D eigenvalue weighted by Gasteiger charge is -2.70. The summed E-state index contributed by atoms with van der Waals surface area (Å²) in [5, 5.41) is 0. The van der Waals surface area contributed by atoms with Crippen LogP contribution in [0.5, 0.6) is 0 Å². The highest BCUT2D eigenvalue weighted by Gasteiger charge is 2.74. The SMILES string of the molecule is NC1(N)CCC(c2ccccc2)(c2ccccc2)C(CC2CO2)(CC2CO2)C1(CC1CO1)CC1CO1. The van der Waals surface area contributed by atoms with E-state index in [1.165, 1.54) is 11.1 Å². The van der Waals surface area contributed by atoms with E-state index in [-0.39, 0.29) is 35.2 Å². The topological polar surface area (TPSA) is 102 Å². The molecule has 4 saturated heterocycles. The highest BCUT2D eigenvalue weighted by molar-refractivity contribution is 5.47. The monoisotopic (exact) mass is 490 g/mol. The van der Waals surface area contributed by atoms with Gasteiger partial charge in [-0.2, -0.15) is 0 Å². The molecule has 0 amide bonds. The van der Waals surface area contributed by atoms with E-state index in [9.17, 15) is 0 Å². The zero-order valence-corrected chi connectivity index (χ0v) is 20.9. The minimum absolute atomic E-state index is 0.192. The zero-order chi connectivity index (χ0) is 24.4. The molecule has 7 rings (SSSR count). The fraction of sp³-hybridized carbons (Fsp3) is 0.600. The molecule has 36 heavy (non-hydrogen) atoms. The van der Waals surface area contributed by atoms with Crippen molar-refractivity contribution in [2.75, 3.05) is 26.4 Å². The number of ether oxygens (including phenoxy) is 4. The Morgan fingerprint density at radius 2 is 0.917 bits per heavy atom. The second-order valence-corrected chi connectivity index (χ2v) is 12.0. The fourth-order valence-electron chi connectivity index (χ4n) is 8.15. The number of epoxide rings is 4. The van der Waals surface area contributed by atoms with Crippen LogP contribution < -0.4 is 11.5 Å². The lowest BCUT2D eigenvalue weighted by molar-refractivity contribution is -0.156. The van der Waals surface area contributed by atoms with Crippen molar-refractivity contribution in [1.82, 2.24) is 0 Å². The van der Waals surface area contributed by atoms with Gasteiger partial charge in [0.05, 0.1) is 56.5 Å². The third kappa shape index (κ3) is 3.69. The van der Waals surface area contributed by atoms with E-state index in [1.54, 1.807) is 0 Å². The van der Waals surface area contributed by atoms with Crippen LogP contribution in [0, 0.1) is 10.8 Å². The van der Waals surface area contributed by atoms with Gasteiger partial charge in [-0.05, 0) is 55.1 Å². The number of benzene rings is 2. The molecule has 4 atom stereocenters. The van der Waals surface area contributed by atoms with Gasteiger partial charge in [0.15, 0.2) is 0 Å². The maximum atomic E-state index is 7.34. The van der Waals surface area contributed by atoms with Crippen molar-refractivity contribution >= 4 is 0 Å². The fourth-order valence-corrected chi connectivity index (χ4v) is 8.15. The van der Waals surface area contributed by atoms with Crippen molar-refractivity contribution in [2.24, 2.45) is 22.3 Å². The number of hydrogen-bond acceptors (Lipinski definition) is 6. The van der Waals surface area contributed by atoms with Crippen molar-refractivity contribution in [3.63, 3.8) is 0 Å². The first-order valence-corrected chi connectivity index (χ1v) is 13.6. The summed E-state index contributed by atoms with van der Waals surface area (Å²) in [7, 11) is 0. The van der Waals surface area contributed by atoms with Crippen LogP contribution in [0.3, 0.4) is 0 Å². The zero-order valence-electron chi connectivity index (χ0n) is 20.9. The summed E-state index contributed by atoms with van der Waals surface area (Å²) < 4.78 is 23.9. The standard InChI is InChI=1S/C30H38N2O4/c31-30(32)12-11-29(21-7-3-1-4-8-21,22-9-5-2-6-10-22)27(13-23-17-33-23,14-24-18-34-24)28(30,15-25-19-35-25)16-26-20-36-26/h1-10,23-26H,11-20,31-32H2. The van der Waals surface area contributed by atoms with Crippen molar-refractivity contribution in [3.05, 3.63) is 71.8 Å².